The third-order valence-electron chi connectivity index (χ3n) is 4.01. The summed E-state index contributed by atoms with van der Waals surface area (Å²) < 4.78 is 5.74. The minimum atomic E-state index is 0.571. The van der Waals surface area contributed by atoms with Crippen molar-refractivity contribution >= 4 is 0 Å². The Kier molecular flexibility index (Phi) is 6.52. The van der Waals surface area contributed by atoms with Gasteiger partial charge < -0.3 is 10.1 Å². The summed E-state index contributed by atoms with van der Waals surface area (Å²) in [7, 11) is 2.05. The van der Waals surface area contributed by atoms with Crippen molar-refractivity contribution in [1.29, 1.82) is 0 Å². The van der Waals surface area contributed by atoms with Gasteiger partial charge in [-0.05, 0) is 62.5 Å². The molecule has 1 aromatic rings. The summed E-state index contributed by atoms with van der Waals surface area (Å²) in [4.78, 5) is 2.58. The van der Waals surface area contributed by atoms with E-state index in [2.05, 4.69) is 55.4 Å². The van der Waals surface area contributed by atoms with Crippen molar-refractivity contribution in [3.8, 4) is 5.75 Å². The highest BCUT2D eigenvalue weighted by molar-refractivity contribution is 5.27. The lowest BCUT2D eigenvalue weighted by Crippen LogP contribution is -2.38. The van der Waals surface area contributed by atoms with Crippen LogP contribution in [-0.2, 0) is 6.54 Å². The van der Waals surface area contributed by atoms with Crippen LogP contribution in [0, 0.1) is 11.8 Å². The van der Waals surface area contributed by atoms with Gasteiger partial charge in [-0.3, -0.25) is 4.90 Å². The van der Waals surface area contributed by atoms with Crippen molar-refractivity contribution in [1.82, 2.24) is 10.2 Å². The van der Waals surface area contributed by atoms with Crippen LogP contribution in [0.5, 0.6) is 5.75 Å². The van der Waals surface area contributed by atoms with Gasteiger partial charge in [-0.15, -0.1) is 0 Å². The second kappa shape index (κ2) is 8.40. The van der Waals surface area contributed by atoms with Gasteiger partial charge in [-0.1, -0.05) is 26.0 Å². The average Bonchev–Trinajstić information content (AvgIpc) is 2.47. The molecule has 3 heteroatoms. The largest absolute Gasteiger partial charge is 0.493 e. The van der Waals surface area contributed by atoms with Gasteiger partial charge in [0.25, 0.3) is 0 Å². The maximum Gasteiger partial charge on any atom is 0.119 e. The summed E-state index contributed by atoms with van der Waals surface area (Å²) in [6.45, 7) is 9.77. The first kappa shape index (κ1) is 16.3. The average molecular weight is 290 g/mol. The van der Waals surface area contributed by atoms with Crippen LogP contribution in [0.4, 0.5) is 0 Å². The quantitative estimate of drug-likeness (QED) is 0.835. The number of piperidine rings is 1. The third kappa shape index (κ3) is 5.68. The molecule has 0 aliphatic carbocycles. The first-order chi connectivity index (χ1) is 10.2. The van der Waals surface area contributed by atoms with Gasteiger partial charge in [0.1, 0.15) is 5.75 Å². The van der Waals surface area contributed by atoms with E-state index >= 15 is 0 Å². The van der Waals surface area contributed by atoms with Crippen LogP contribution in [-0.4, -0.2) is 38.2 Å². The van der Waals surface area contributed by atoms with E-state index in [0.717, 1.165) is 31.4 Å². The van der Waals surface area contributed by atoms with Gasteiger partial charge in [-0.25, -0.2) is 0 Å². The second-order valence-corrected chi connectivity index (χ2v) is 6.65. The number of hydrogen-bond acceptors (Lipinski definition) is 3. The van der Waals surface area contributed by atoms with Gasteiger partial charge in [0.15, 0.2) is 0 Å². The fraction of sp³-hybridized carbons (Fsp3) is 0.667. The number of likely N-dealkylation sites (tertiary alicyclic amines) is 1. The lowest BCUT2D eigenvalue weighted by molar-refractivity contribution is 0.167. The van der Waals surface area contributed by atoms with Crippen molar-refractivity contribution in [3.63, 3.8) is 0 Å². The highest BCUT2D eigenvalue weighted by atomic mass is 16.5. The molecule has 118 valence electrons. The van der Waals surface area contributed by atoms with E-state index in [9.17, 15) is 0 Å². The maximum atomic E-state index is 5.74. The smallest absolute Gasteiger partial charge is 0.119 e. The predicted molar refractivity (Wildman–Crippen MR) is 88.7 cm³/mol. The molecule has 1 heterocycles. The van der Waals surface area contributed by atoms with Gasteiger partial charge >= 0.3 is 0 Å². The molecule has 1 aliphatic heterocycles. The Morgan fingerprint density at radius 1 is 1.29 bits per heavy atom. The summed E-state index contributed by atoms with van der Waals surface area (Å²) in [6, 6.07) is 8.62. The molecule has 2 rings (SSSR count). The summed E-state index contributed by atoms with van der Waals surface area (Å²) in [5, 5.41) is 3.31. The van der Waals surface area contributed by atoms with E-state index in [-0.39, 0.29) is 0 Å². The SMILES string of the molecule is CNCC1CCCN(Cc2ccc(OCC(C)C)cc2)C1. The van der Waals surface area contributed by atoms with Crippen molar-refractivity contribution in [2.75, 3.05) is 33.3 Å². The molecule has 0 saturated carbocycles. The number of rotatable bonds is 7. The van der Waals surface area contributed by atoms with E-state index in [4.69, 9.17) is 4.74 Å². The van der Waals surface area contributed by atoms with Crippen molar-refractivity contribution < 1.29 is 4.74 Å². The van der Waals surface area contributed by atoms with Crippen LogP contribution >= 0.6 is 0 Å². The topological polar surface area (TPSA) is 24.5 Å². The van der Waals surface area contributed by atoms with E-state index in [1.54, 1.807) is 0 Å². The summed E-state index contributed by atoms with van der Waals surface area (Å²) in [5.74, 6) is 2.36. The highest BCUT2D eigenvalue weighted by Crippen LogP contribution is 2.19. The van der Waals surface area contributed by atoms with Crippen molar-refractivity contribution in [2.24, 2.45) is 11.8 Å². The Bertz CT molecular complexity index is 400. The molecule has 1 fully saturated rings. The van der Waals surface area contributed by atoms with Gasteiger partial charge in [0.2, 0.25) is 0 Å². The van der Waals surface area contributed by atoms with Crippen LogP contribution < -0.4 is 10.1 Å². The first-order valence-corrected chi connectivity index (χ1v) is 8.26. The van der Waals surface area contributed by atoms with Gasteiger partial charge in [0, 0.05) is 13.1 Å². The first-order valence-electron chi connectivity index (χ1n) is 8.26. The van der Waals surface area contributed by atoms with Crippen LogP contribution in [0.15, 0.2) is 24.3 Å². The minimum absolute atomic E-state index is 0.571. The molecule has 0 aromatic heterocycles. The summed E-state index contributed by atoms with van der Waals surface area (Å²) in [6.07, 6.45) is 2.68. The molecule has 1 N–H and O–H groups in total. The fourth-order valence-corrected chi connectivity index (χ4v) is 2.96. The molecule has 21 heavy (non-hydrogen) atoms. The molecule has 0 spiro atoms. The number of nitrogens with one attached hydrogen (secondary N) is 1. The van der Waals surface area contributed by atoms with Crippen LogP contribution in [0.25, 0.3) is 0 Å². The molecule has 1 atom stereocenters. The van der Waals surface area contributed by atoms with E-state index in [1.165, 1.54) is 31.5 Å². The molecular formula is C18H30N2O. The molecule has 1 unspecified atom stereocenters. The Labute approximate surface area is 129 Å². The number of benzene rings is 1. The highest BCUT2D eigenvalue weighted by Gasteiger charge is 2.19. The minimum Gasteiger partial charge on any atom is -0.493 e. The molecule has 1 aromatic carbocycles. The molecule has 0 radical (unpaired) electrons. The zero-order valence-corrected chi connectivity index (χ0v) is 13.8. The maximum absolute atomic E-state index is 5.74. The third-order valence-corrected chi connectivity index (χ3v) is 4.01. The standard InChI is InChI=1S/C18H30N2O/c1-15(2)14-21-18-8-6-16(7-9-18)12-20-10-4-5-17(13-20)11-19-3/h6-9,15,17,19H,4-5,10-14H2,1-3H3. The normalized spacial score (nSPS) is 19.9. The van der Waals surface area contributed by atoms with Crippen LogP contribution in [0.3, 0.4) is 0 Å². The molecule has 0 amide bonds. The Morgan fingerprint density at radius 3 is 2.71 bits per heavy atom. The lowest BCUT2D eigenvalue weighted by atomic mass is 9.97. The summed E-state index contributed by atoms with van der Waals surface area (Å²) >= 11 is 0. The summed E-state index contributed by atoms with van der Waals surface area (Å²) in [5.41, 5.74) is 1.39. The van der Waals surface area contributed by atoms with Gasteiger partial charge in [0.05, 0.1) is 6.61 Å². The molecule has 3 nitrogen and oxygen atoms in total. The molecule has 1 saturated heterocycles. The lowest BCUT2D eigenvalue weighted by Gasteiger charge is -2.32. The van der Waals surface area contributed by atoms with E-state index in [0.29, 0.717) is 5.92 Å². The van der Waals surface area contributed by atoms with E-state index in [1.807, 2.05) is 0 Å². The van der Waals surface area contributed by atoms with Crippen molar-refractivity contribution in [3.05, 3.63) is 29.8 Å². The van der Waals surface area contributed by atoms with E-state index < -0.39 is 0 Å². The number of hydrogen-bond donors (Lipinski definition) is 1. The Balaban J connectivity index is 1.82. The predicted octanol–water partition coefficient (Wildman–Crippen LogP) is 3.15. The van der Waals surface area contributed by atoms with Gasteiger partial charge in [-0.2, -0.15) is 0 Å². The number of ether oxygens (including phenoxy) is 1. The monoisotopic (exact) mass is 290 g/mol. The van der Waals surface area contributed by atoms with Crippen LogP contribution in [0.2, 0.25) is 0 Å². The zero-order valence-electron chi connectivity index (χ0n) is 13.8. The Hall–Kier alpha value is -1.06. The van der Waals surface area contributed by atoms with Crippen LogP contribution in [0.1, 0.15) is 32.3 Å². The Morgan fingerprint density at radius 2 is 2.05 bits per heavy atom. The molecular weight excluding hydrogens is 260 g/mol. The fourth-order valence-electron chi connectivity index (χ4n) is 2.96. The zero-order chi connectivity index (χ0) is 15.1. The second-order valence-electron chi connectivity index (χ2n) is 6.65. The molecule has 0 bridgehead atoms. The van der Waals surface area contributed by atoms with Crippen molar-refractivity contribution in [2.45, 2.75) is 33.2 Å². The number of nitrogens with zero attached hydrogens (tertiary/aromatic N) is 1. The molecule has 1 aliphatic rings.